The van der Waals surface area contributed by atoms with Gasteiger partial charge in [-0.3, -0.25) is 0 Å². The molecule has 2 unspecified atom stereocenters. The van der Waals surface area contributed by atoms with E-state index in [1.54, 1.807) is 0 Å². The van der Waals surface area contributed by atoms with Gasteiger partial charge in [-0.05, 0) is 19.3 Å². The van der Waals surface area contributed by atoms with Crippen LogP contribution in [-0.2, 0) is 10.7 Å². The summed E-state index contributed by atoms with van der Waals surface area (Å²) in [4.78, 5) is 0. The van der Waals surface area contributed by atoms with Gasteiger partial charge in [0.25, 0.3) is 0 Å². The van der Waals surface area contributed by atoms with Crippen molar-refractivity contribution in [1.82, 2.24) is 0 Å². The number of hydrogen-bond acceptors (Lipinski definition) is 2. The first-order valence-corrected chi connectivity index (χ1v) is 4.30. The molecule has 0 saturated heterocycles. The van der Waals surface area contributed by atoms with Gasteiger partial charge in [0.05, 0.1) is 5.25 Å². The first kappa shape index (κ1) is 8.95. The molecule has 0 aromatic heterocycles. The Kier molecular flexibility index (Phi) is 3.86. The molecule has 0 aromatic rings. The van der Waals surface area contributed by atoms with Crippen molar-refractivity contribution in [2.45, 2.75) is 25.5 Å². The van der Waals surface area contributed by atoms with Crippen LogP contribution in [0.2, 0.25) is 0 Å². The van der Waals surface area contributed by atoms with E-state index in [1.165, 1.54) is 0 Å². The van der Waals surface area contributed by atoms with E-state index >= 15 is 0 Å². The van der Waals surface area contributed by atoms with Gasteiger partial charge in [0.1, 0.15) is 10.7 Å². The first-order valence-electron chi connectivity index (χ1n) is 3.06. The lowest BCUT2D eigenvalue weighted by molar-refractivity contribution is 0.562. The van der Waals surface area contributed by atoms with Gasteiger partial charge in [0.15, 0.2) is 0 Å². The standard InChI is InChI=1S/C6H13O2S/c1-4-6(5(2)3)9(7)8/h5-6,9H,2,4H2,1,3H3. The second-order valence-electron chi connectivity index (χ2n) is 2.24. The molecule has 0 heterocycles. The van der Waals surface area contributed by atoms with Gasteiger partial charge in [-0.1, -0.05) is 13.8 Å². The Morgan fingerprint density at radius 2 is 2.00 bits per heavy atom. The lowest BCUT2D eigenvalue weighted by atomic mass is 10.1. The highest BCUT2D eigenvalue weighted by Gasteiger charge is 2.12. The highest BCUT2D eigenvalue weighted by Crippen LogP contribution is 2.07. The lowest BCUT2D eigenvalue weighted by Gasteiger charge is -2.09. The fourth-order valence-corrected chi connectivity index (χ4v) is 1.47. The van der Waals surface area contributed by atoms with E-state index in [-0.39, 0.29) is 11.2 Å². The van der Waals surface area contributed by atoms with Crippen LogP contribution in [0.15, 0.2) is 0 Å². The second-order valence-corrected chi connectivity index (χ2v) is 3.47. The van der Waals surface area contributed by atoms with Crippen LogP contribution in [0.3, 0.4) is 0 Å². The third-order valence-corrected chi connectivity index (χ3v) is 2.76. The molecule has 2 nitrogen and oxygen atoms in total. The monoisotopic (exact) mass is 149 g/mol. The second kappa shape index (κ2) is 3.88. The molecular weight excluding hydrogens is 136 g/mol. The van der Waals surface area contributed by atoms with Crippen LogP contribution in [0, 0.1) is 12.8 Å². The van der Waals surface area contributed by atoms with Crippen molar-refractivity contribution < 1.29 is 8.42 Å². The molecule has 0 saturated carbocycles. The van der Waals surface area contributed by atoms with Gasteiger partial charge in [-0.25, -0.2) is 8.42 Å². The third kappa shape index (κ3) is 2.84. The van der Waals surface area contributed by atoms with E-state index in [1.807, 2.05) is 13.8 Å². The smallest absolute Gasteiger partial charge is 0.143 e. The zero-order valence-electron chi connectivity index (χ0n) is 5.83. The Balaban J connectivity index is 3.99. The highest BCUT2D eigenvalue weighted by molar-refractivity contribution is 7.73. The van der Waals surface area contributed by atoms with E-state index in [0.717, 1.165) is 0 Å². The fourth-order valence-electron chi connectivity index (χ4n) is 0.759. The number of rotatable bonds is 3. The summed E-state index contributed by atoms with van der Waals surface area (Å²) in [6.07, 6.45) is 0.670. The van der Waals surface area contributed by atoms with Crippen LogP contribution < -0.4 is 0 Å². The molecule has 0 aliphatic carbocycles. The normalized spacial score (nSPS) is 14.8. The summed E-state index contributed by atoms with van der Waals surface area (Å²) in [6, 6.07) is 0. The predicted octanol–water partition coefficient (Wildman–Crippen LogP) is 0.847. The molecule has 0 N–H and O–H groups in total. The Morgan fingerprint density at radius 1 is 1.56 bits per heavy atom. The van der Waals surface area contributed by atoms with E-state index in [0.29, 0.717) is 6.42 Å². The summed E-state index contributed by atoms with van der Waals surface area (Å²) in [5.74, 6) is 0.0103. The van der Waals surface area contributed by atoms with E-state index in [9.17, 15) is 8.42 Å². The molecule has 0 aliphatic heterocycles. The molecule has 0 spiro atoms. The molecule has 0 amide bonds. The quantitative estimate of drug-likeness (QED) is 0.603. The summed E-state index contributed by atoms with van der Waals surface area (Å²) in [5.41, 5.74) is 0. The first-order chi connectivity index (χ1) is 4.09. The Morgan fingerprint density at radius 3 is 2.00 bits per heavy atom. The van der Waals surface area contributed by atoms with Crippen LogP contribution in [-0.4, -0.2) is 13.7 Å². The van der Waals surface area contributed by atoms with Crippen molar-refractivity contribution in [3.8, 4) is 0 Å². The molecule has 0 fully saturated rings. The average Bonchev–Trinajstić information content (AvgIpc) is 1.64. The van der Waals surface area contributed by atoms with E-state index in [4.69, 9.17) is 0 Å². The van der Waals surface area contributed by atoms with E-state index < -0.39 is 10.7 Å². The molecule has 9 heavy (non-hydrogen) atoms. The molecule has 2 atom stereocenters. The molecular formula is C6H13O2S. The van der Waals surface area contributed by atoms with Crippen LogP contribution in [0.5, 0.6) is 0 Å². The van der Waals surface area contributed by atoms with Gasteiger partial charge >= 0.3 is 0 Å². The summed E-state index contributed by atoms with van der Waals surface area (Å²) >= 11 is 0. The summed E-state index contributed by atoms with van der Waals surface area (Å²) in [5, 5.41) is -0.236. The molecule has 55 valence electrons. The van der Waals surface area contributed by atoms with Gasteiger partial charge in [0.2, 0.25) is 0 Å². The zero-order chi connectivity index (χ0) is 7.44. The SMILES string of the molecule is [CH2]C(C)C(CC)[SH](=O)=O. The maximum absolute atomic E-state index is 10.4. The van der Waals surface area contributed by atoms with Gasteiger partial charge < -0.3 is 0 Å². The molecule has 0 aromatic carbocycles. The van der Waals surface area contributed by atoms with Crippen molar-refractivity contribution in [3.63, 3.8) is 0 Å². The number of thiol groups is 1. The van der Waals surface area contributed by atoms with Crippen molar-refractivity contribution in [2.75, 3.05) is 0 Å². The molecule has 0 rings (SSSR count). The van der Waals surface area contributed by atoms with Gasteiger partial charge in [-0.2, -0.15) is 0 Å². The average molecular weight is 149 g/mol. The molecule has 0 aliphatic rings. The number of hydrogen-bond donors (Lipinski definition) is 1. The van der Waals surface area contributed by atoms with Crippen molar-refractivity contribution in [3.05, 3.63) is 6.92 Å². The maximum Gasteiger partial charge on any atom is 0.143 e. The van der Waals surface area contributed by atoms with Crippen molar-refractivity contribution >= 4 is 10.7 Å². The van der Waals surface area contributed by atoms with Crippen LogP contribution in [0.1, 0.15) is 20.3 Å². The molecule has 3 heteroatoms. The minimum Gasteiger partial charge on any atom is -0.232 e. The predicted molar refractivity (Wildman–Crippen MR) is 38.9 cm³/mol. The highest BCUT2D eigenvalue weighted by atomic mass is 32.2. The van der Waals surface area contributed by atoms with Crippen molar-refractivity contribution in [2.24, 2.45) is 5.92 Å². The topological polar surface area (TPSA) is 34.1 Å². The van der Waals surface area contributed by atoms with Gasteiger partial charge in [-0.15, -0.1) is 0 Å². The fraction of sp³-hybridized carbons (Fsp3) is 0.833. The van der Waals surface area contributed by atoms with Crippen LogP contribution >= 0.6 is 0 Å². The summed E-state index contributed by atoms with van der Waals surface area (Å²) in [6.45, 7) is 7.32. The van der Waals surface area contributed by atoms with Crippen LogP contribution in [0.25, 0.3) is 0 Å². The zero-order valence-corrected chi connectivity index (χ0v) is 6.73. The molecule has 1 radical (unpaired) electrons. The Hall–Kier alpha value is -0.0500. The van der Waals surface area contributed by atoms with E-state index in [2.05, 4.69) is 6.92 Å². The Labute approximate surface area is 58.2 Å². The lowest BCUT2D eigenvalue weighted by Crippen LogP contribution is -2.15. The molecule has 0 bridgehead atoms. The van der Waals surface area contributed by atoms with Crippen LogP contribution in [0.4, 0.5) is 0 Å². The minimum absolute atomic E-state index is 0.0103. The third-order valence-electron chi connectivity index (χ3n) is 1.35. The maximum atomic E-state index is 10.4. The van der Waals surface area contributed by atoms with Crippen molar-refractivity contribution in [1.29, 1.82) is 0 Å². The Bertz CT molecular complexity index is 130. The van der Waals surface area contributed by atoms with Gasteiger partial charge in [0, 0.05) is 0 Å². The minimum atomic E-state index is -2.27. The largest absolute Gasteiger partial charge is 0.232 e. The summed E-state index contributed by atoms with van der Waals surface area (Å²) in [7, 11) is -2.27. The summed E-state index contributed by atoms with van der Waals surface area (Å²) < 4.78 is 20.7.